The first-order valence-corrected chi connectivity index (χ1v) is 6.03. The van der Waals surface area contributed by atoms with E-state index in [4.69, 9.17) is 4.74 Å². The Bertz CT molecular complexity index is 247. The largest absolute Gasteiger partial charge is 0.359 e. The highest BCUT2D eigenvalue weighted by molar-refractivity contribution is 5.85. The Morgan fingerprint density at radius 2 is 2.00 bits per heavy atom. The summed E-state index contributed by atoms with van der Waals surface area (Å²) < 4.78 is 6.01. The van der Waals surface area contributed by atoms with Gasteiger partial charge in [0.25, 0.3) is 0 Å². The average Bonchev–Trinajstić information content (AvgIpc) is 2.42. The van der Waals surface area contributed by atoms with E-state index in [1.807, 2.05) is 0 Å². The topological polar surface area (TPSA) is 24.5 Å². The first kappa shape index (κ1) is 14.2. The number of likely N-dealkylation sites (tertiary alicyclic amines) is 1. The molecule has 0 aromatic heterocycles. The number of nitrogens with one attached hydrogen (secondary N) is 1. The maximum absolute atomic E-state index is 6.01. The molecule has 2 saturated heterocycles. The normalized spacial score (nSPS) is 39.4. The Hall–Kier alpha value is 0.170. The molecule has 96 valence electrons. The van der Waals surface area contributed by atoms with Gasteiger partial charge in [0, 0.05) is 18.0 Å². The van der Waals surface area contributed by atoms with Crippen LogP contribution in [0.5, 0.6) is 0 Å². The summed E-state index contributed by atoms with van der Waals surface area (Å²) >= 11 is 0. The van der Waals surface area contributed by atoms with E-state index in [0.717, 1.165) is 13.2 Å². The van der Waals surface area contributed by atoms with Crippen LogP contribution in [0.1, 0.15) is 33.6 Å². The second-order valence-electron chi connectivity index (χ2n) is 6.01. The molecular weight excluding hydrogens is 224 g/mol. The van der Waals surface area contributed by atoms with E-state index >= 15 is 0 Å². The Labute approximate surface area is 105 Å². The molecule has 0 radical (unpaired) electrons. The predicted molar refractivity (Wildman–Crippen MR) is 69.0 cm³/mol. The maximum Gasteiger partial charge on any atom is 0.121 e. The van der Waals surface area contributed by atoms with Crippen LogP contribution in [0.4, 0.5) is 0 Å². The third kappa shape index (κ3) is 2.89. The number of ether oxygens (including phenoxy) is 1. The highest BCUT2D eigenvalue weighted by atomic mass is 35.5. The van der Waals surface area contributed by atoms with E-state index in [9.17, 15) is 0 Å². The van der Waals surface area contributed by atoms with Crippen LogP contribution < -0.4 is 5.32 Å². The standard InChI is InChI=1S/C12H24N2O.ClH/c1-11(2)9-15-12(3,13-11)10-6-5-7-14(4)8-10;/h10,13H,5-9H2,1-4H3;1H. The minimum absolute atomic E-state index is 0. The highest BCUT2D eigenvalue weighted by Gasteiger charge is 2.46. The first-order chi connectivity index (χ1) is 6.91. The van der Waals surface area contributed by atoms with Crippen molar-refractivity contribution in [1.29, 1.82) is 0 Å². The minimum Gasteiger partial charge on any atom is -0.359 e. The third-order valence-corrected chi connectivity index (χ3v) is 3.72. The van der Waals surface area contributed by atoms with Gasteiger partial charge in [0.15, 0.2) is 0 Å². The summed E-state index contributed by atoms with van der Waals surface area (Å²) in [4.78, 5) is 2.41. The quantitative estimate of drug-likeness (QED) is 0.767. The van der Waals surface area contributed by atoms with Gasteiger partial charge in [0.2, 0.25) is 0 Å². The molecule has 0 aliphatic carbocycles. The van der Waals surface area contributed by atoms with E-state index in [-0.39, 0.29) is 23.7 Å². The molecule has 0 spiro atoms. The monoisotopic (exact) mass is 248 g/mol. The number of nitrogens with zero attached hydrogens (tertiary/aromatic N) is 1. The molecule has 3 nitrogen and oxygen atoms in total. The van der Waals surface area contributed by atoms with Gasteiger partial charge in [-0.05, 0) is 47.2 Å². The summed E-state index contributed by atoms with van der Waals surface area (Å²) in [6.07, 6.45) is 2.58. The van der Waals surface area contributed by atoms with Crippen LogP contribution in [0.25, 0.3) is 0 Å². The molecule has 0 amide bonds. The molecule has 2 aliphatic rings. The van der Waals surface area contributed by atoms with Gasteiger partial charge in [-0.1, -0.05) is 0 Å². The molecule has 0 aromatic rings. The van der Waals surface area contributed by atoms with E-state index in [1.54, 1.807) is 0 Å². The number of hydrogen-bond donors (Lipinski definition) is 1. The number of hydrogen-bond acceptors (Lipinski definition) is 3. The lowest BCUT2D eigenvalue weighted by Crippen LogP contribution is -2.55. The first-order valence-electron chi connectivity index (χ1n) is 6.03. The molecule has 4 heteroatoms. The van der Waals surface area contributed by atoms with Crippen LogP contribution in [-0.4, -0.2) is 42.9 Å². The van der Waals surface area contributed by atoms with Crippen LogP contribution in [0, 0.1) is 5.92 Å². The summed E-state index contributed by atoms with van der Waals surface area (Å²) in [5.74, 6) is 0.623. The molecule has 2 rings (SSSR count). The van der Waals surface area contributed by atoms with E-state index in [2.05, 4.69) is 38.0 Å². The zero-order valence-electron chi connectivity index (χ0n) is 10.9. The minimum atomic E-state index is -0.113. The van der Waals surface area contributed by atoms with E-state index in [0.29, 0.717) is 5.92 Å². The Balaban J connectivity index is 0.00000128. The fourth-order valence-electron chi connectivity index (χ4n) is 2.91. The van der Waals surface area contributed by atoms with Crippen molar-refractivity contribution in [2.24, 2.45) is 5.92 Å². The van der Waals surface area contributed by atoms with Gasteiger partial charge in [-0.25, -0.2) is 0 Å². The molecule has 2 atom stereocenters. The molecule has 0 aromatic carbocycles. The van der Waals surface area contributed by atoms with E-state index in [1.165, 1.54) is 19.4 Å². The van der Waals surface area contributed by atoms with Gasteiger partial charge in [0.05, 0.1) is 6.61 Å². The zero-order chi connectivity index (χ0) is 11.1. The molecule has 16 heavy (non-hydrogen) atoms. The Kier molecular flexibility index (Phi) is 4.28. The lowest BCUT2D eigenvalue weighted by Gasteiger charge is -2.40. The molecule has 2 unspecified atom stereocenters. The molecule has 1 N–H and O–H groups in total. The Morgan fingerprint density at radius 3 is 2.50 bits per heavy atom. The van der Waals surface area contributed by atoms with Crippen LogP contribution in [0.3, 0.4) is 0 Å². The van der Waals surface area contributed by atoms with Gasteiger partial charge in [-0.15, -0.1) is 12.4 Å². The molecule has 2 heterocycles. The van der Waals surface area contributed by atoms with Gasteiger partial charge in [-0.3, -0.25) is 5.32 Å². The molecule has 2 fully saturated rings. The number of rotatable bonds is 1. The van der Waals surface area contributed by atoms with Crippen LogP contribution in [-0.2, 0) is 4.74 Å². The van der Waals surface area contributed by atoms with E-state index < -0.39 is 0 Å². The molecule has 0 saturated carbocycles. The highest BCUT2D eigenvalue weighted by Crippen LogP contribution is 2.34. The summed E-state index contributed by atoms with van der Waals surface area (Å²) in [5, 5.41) is 3.65. The maximum atomic E-state index is 6.01. The average molecular weight is 249 g/mol. The lowest BCUT2D eigenvalue weighted by molar-refractivity contribution is -0.0631. The van der Waals surface area contributed by atoms with Crippen molar-refractivity contribution in [2.45, 2.75) is 44.9 Å². The van der Waals surface area contributed by atoms with Crippen molar-refractivity contribution >= 4 is 12.4 Å². The predicted octanol–water partition coefficient (Wildman–Crippen LogP) is 1.86. The SMILES string of the molecule is CN1CCCC(C2(C)NC(C)(C)CO2)C1.Cl. The van der Waals surface area contributed by atoms with Crippen molar-refractivity contribution in [3.8, 4) is 0 Å². The number of halogens is 1. The summed E-state index contributed by atoms with van der Waals surface area (Å²) in [6, 6.07) is 0. The van der Waals surface area contributed by atoms with Crippen molar-refractivity contribution in [2.75, 3.05) is 26.7 Å². The van der Waals surface area contributed by atoms with Crippen LogP contribution in [0.2, 0.25) is 0 Å². The molecular formula is C12H25ClN2O. The summed E-state index contributed by atoms with van der Waals surface area (Å²) in [6.45, 7) is 9.85. The third-order valence-electron chi connectivity index (χ3n) is 3.72. The fraction of sp³-hybridized carbons (Fsp3) is 1.00. The van der Waals surface area contributed by atoms with Crippen molar-refractivity contribution in [3.05, 3.63) is 0 Å². The summed E-state index contributed by atoms with van der Waals surface area (Å²) in [5.41, 5.74) is 0.0168. The number of piperidine rings is 1. The summed E-state index contributed by atoms with van der Waals surface area (Å²) in [7, 11) is 2.20. The van der Waals surface area contributed by atoms with Crippen molar-refractivity contribution < 1.29 is 4.74 Å². The molecule has 2 aliphatic heterocycles. The zero-order valence-corrected chi connectivity index (χ0v) is 11.7. The smallest absolute Gasteiger partial charge is 0.121 e. The van der Waals surface area contributed by atoms with Crippen LogP contribution >= 0.6 is 12.4 Å². The van der Waals surface area contributed by atoms with Gasteiger partial charge < -0.3 is 9.64 Å². The Morgan fingerprint density at radius 1 is 1.31 bits per heavy atom. The lowest BCUT2D eigenvalue weighted by atomic mass is 9.88. The molecule has 0 bridgehead atoms. The second-order valence-corrected chi connectivity index (χ2v) is 6.01. The van der Waals surface area contributed by atoms with Gasteiger partial charge in [-0.2, -0.15) is 0 Å². The van der Waals surface area contributed by atoms with Crippen LogP contribution in [0.15, 0.2) is 0 Å². The second kappa shape index (κ2) is 4.81. The van der Waals surface area contributed by atoms with Gasteiger partial charge in [0.1, 0.15) is 5.72 Å². The van der Waals surface area contributed by atoms with Crippen molar-refractivity contribution in [1.82, 2.24) is 10.2 Å². The van der Waals surface area contributed by atoms with Gasteiger partial charge >= 0.3 is 0 Å². The van der Waals surface area contributed by atoms with Crippen molar-refractivity contribution in [3.63, 3.8) is 0 Å². The fourth-order valence-corrected chi connectivity index (χ4v) is 2.91.